The fraction of sp³-hybridized carbons (Fsp3) is 0.400. The second-order valence-corrected chi connectivity index (χ2v) is 7.38. The van der Waals surface area contributed by atoms with Gasteiger partial charge in [0.25, 0.3) is 0 Å². The van der Waals surface area contributed by atoms with Crippen LogP contribution < -0.4 is 0 Å². The SMILES string of the molecule is CCC(=O)N1CCOCC1CCc1nc(-c2c[nH]c3ncc(Cl)cc23)ncc1F. The summed E-state index contributed by atoms with van der Waals surface area (Å²) in [6.45, 7) is 3.40. The monoisotopic (exact) mass is 417 g/mol. The minimum atomic E-state index is -0.463. The van der Waals surface area contributed by atoms with Gasteiger partial charge in [0.2, 0.25) is 5.91 Å². The van der Waals surface area contributed by atoms with Crippen molar-refractivity contribution in [3.8, 4) is 11.4 Å². The first kappa shape index (κ1) is 19.7. The van der Waals surface area contributed by atoms with Gasteiger partial charge >= 0.3 is 0 Å². The Balaban J connectivity index is 1.57. The number of amides is 1. The fourth-order valence-corrected chi connectivity index (χ4v) is 3.76. The highest BCUT2D eigenvalue weighted by Gasteiger charge is 2.26. The van der Waals surface area contributed by atoms with Crippen molar-refractivity contribution in [2.45, 2.75) is 32.2 Å². The highest BCUT2D eigenvalue weighted by atomic mass is 35.5. The number of aromatic amines is 1. The van der Waals surface area contributed by atoms with Crippen molar-refractivity contribution >= 4 is 28.5 Å². The Hall–Kier alpha value is -2.58. The first-order valence-corrected chi connectivity index (χ1v) is 9.96. The van der Waals surface area contributed by atoms with Gasteiger partial charge in [0.1, 0.15) is 5.65 Å². The Morgan fingerprint density at radius 1 is 1.41 bits per heavy atom. The Morgan fingerprint density at radius 3 is 3.10 bits per heavy atom. The molecule has 1 unspecified atom stereocenters. The number of nitrogens with zero attached hydrogens (tertiary/aromatic N) is 4. The van der Waals surface area contributed by atoms with Crippen molar-refractivity contribution in [2.75, 3.05) is 19.8 Å². The Morgan fingerprint density at radius 2 is 2.28 bits per heavy atom. The van der Waals surface area contributed by atoms with Crippen molar-refractivity contribution in [3.05, 3.63) is 41.2 Å². The second kappa shape index (κ2) is 8.42. The summed E-state index contributed by atoms with van der Waals surface area (Å²) < 4.78 is 19.9. The van der Waals surface area contributed by atoms with Crippen molar-refractivity contribution in [1.82, 2.24) is 24.8 Å². The molecule has 3 aromatic heterocycles. The molecule has 1 aliphatic heterocycles. The first-order chi connectivity index (χ1) is 14.1. The summed E-state index contributed by atoms with van der Waals surface area (Å²) in [7, 11) is 0. The Bertz CT molecular complexity index is 1040. The zero-order chi connectivity index (χ0) is 20.4. The minimum absolute atomic E-state index is 0.0786. The molecule has 1 amide bonds. The normalized spacial score (nSPS) is 17.1. The molecule has 3 aromatic rings. The van der Waals surface area contributed by atoms with Gasteiger partial charge in [-0.3, -0.25) is 4.79 Å². The van der Waals surface area contributed by atoms with Gasteiger partial charge in [-0.15, -0.1) is 0 Å². The summed E-state index contributed by atoms with van der Waals surface area (Å²) in [5.74, 6) is 0.0262. The maximum Gasteiger partial charge on any atom is 0.222 e. The van der Waals surface area contributed by atoms with Crippen LogP contribution in [0.1, 0.15) is 25.5 Å². The van der Waals surface area contributed by atoms with Crippen LogP contribution >= 0.6 is 11.6 Å². The average molecular weight is 418 g/mol. The van der Waals surface area contributed by atoms with E-state index in [2.05, 4.69) is 19.9 Å². The molecule has 7 nitrogen and oxygen atoms in total. The van der Waals surface area contributed by atoms with E-state index in [4.69, 9.17) is 16.3 Å². The Labute approximate surface area is 172 Å². The third-order valence-corrected chi connectivity index (χ3v) is 5.33. The van der Waals surface area contributed by atoms with Gasteiger partial charge in [-0.1, -0.05) is 18.5 Å². The number of halogens is 2. The molecule has 0 bridgehead atoms. The smallest absolute Gasteiger partial charge is 0.222 e. The molecule has 152 valence electrons. The summed E-state index contributed by atoms with van der Waals surface area (Å²) in [5, 5.41) is 1.27. The molecule has 0 aliphatic carbocycles. The van der Waals surface area contributed by atoms with E-state index in [1.165, 1.54) is 6.20 Å². The molecule has 1 N–H and O–H groups in total. The van der Waals surface area contributed by atoms with Crippen LogP contribution in [0.2, 0.25) is 5.02 Å². The molecule has 9 heteroatoms. The van der Waals surface area contributed by atoms with E-state index >= 15 is 0 Å². The van der Waals surface area contributed by atoms with Crippen molar-refractivity contribution in [3.63, 3.8) is 0 Å². The third kappa shape index (κ3) is 4.09. The number of aryl methyl sites for hydroxylation is 1. The fourth-order valence-electron chi connectivity index (χ4n) is 3.60. The Kier molecular flexibility index (Phi) is 5.73. The molecule has 29 heavy (non-hydrogen) atoms. The number of carbonyl (C=O) groups excluding carboxylic acids is 1. The number of morpholine rings is 1. The van der Waals surface area contributed by atoms with Crippen molar-refractivity contribution in [2.24, 2.45) is 0 Å². The first-order valence-electron chi connectivity index (χ1n) is 9.58. The summed E-state index contributed by atoms with van der Waals surface area (Å²) in [5.41, 5.74) is 1.68. The lowest BCUT2D eigenvalue weighted by Crippen LogP contribution is -2.48. The summed E-state index contributed by atoms with van der Waals surface area (Å²) >= 11 is 6.06. The van der Waals surface area contributed by atoms with E-state index < -0.39 is 5.82 Å². The van der Waals surface area contributed by atoms with Crippen LogP contribution in [0.4, 0.5) is 4.39 Å². The van der Waals surface area contributed by atoms with E-state index in [9.17, 15) is 9.18 Å². The zero-order valence-corrected chi connectivity index (χ0v) is 16.7. The lowest BCUT2D eigenvalue weighted by atomic mass is 10.1. The topological polar surface area (TPSA) is 84.0 Å². The average Bonchev–Trinajstić information content (AvgIpc) is 3.16. The lowest BCUT2D eigenvalue weighted by Gasteiger charge is -2.35. The van der Waals surface area contributed by atoms with E-state index in [0.29, 0.717) is 66.8 Å². The lowest BCUT2D eigenvalue weighted by molar-refractivity contribution is -0.139. The largest absolute Gasteiger partial charge is 0.377 e. The summed E-state index contributed by atoms with van der Waals surface area (Å²) in [6, 6.07) is 1.69. The van der Waals surface area contributed by atoms with Gasteiger partial charge in [0.05, 0.1) is 36.2 Å². The van der Waals surface area contributed by atoms with Crippen LogP contribution in [0, 0.1) is 5.82 Å². The summed E-state index contributed by atoms with van der Waals surface area (Å²) in [6.07, 6.45) is 5.86. The molecule has 0 radical (unpaired) electrons. The van der Waals surface area contributed by atoms with E-state index in [0.717, 1.165) is 5.39 Å². The third-order valence-electron chi connectivity index (χ3n) is 5.12. The van der Waals surface area contributed by atoms with Gasteiger partial charge in [0.15, 0.2) is 11.6 Å². The number of aromatic nitrogens is 4. The molecule has 1 fully saturated rings. The maximum absolute atomic E-state index is 14.4. The molecule has 0 aromatic carbocycles. The van der Waals surface area contributed by atoms with Crippen LogP contribution in [0.3, 0.4) is 0 Å². The quantitative estimate of drug-likeness (QED) is 0.688. The molecule has 1 saturated heterocycles. The number of hydrogen-bond acceptors (Lipinski definition) is 5. The van der Waals surface area contributed by atoms with Gasteiger partial charge < -0.3 is 14.6 Å². The van der Waals surface area contributed by atoms with Gasteiger partial charge in [-0.05, 0) is 18.9 Å². The van der Waals surface area contributed by atoms with Gasteiger partial charge in [-0.2, -0.15) is 0 Å². The predicted octanol–water partition coefficient (Wildman–Crippen LogP) is 3.38. The van der Waals surface area contributed by atoms with Crippen LogP contribution in [0.5, 0.6) is 0 Å². The highest BCUT2D eigenvalue weighted by Crippen LogP contribution is 2.27. The van der Waals surface area contributed by atoms with Crippen LogP contribution in [-0.4, -0.2) is 56.5 Å². The molecule has 4 heterocycles. The van der Waals surface area contributed by atoms with Crippen LogP contribution in [0.25, 0.3) is 22.4 Å². The molecular formula is C20H21ClFN5O2. The van der Waals surface area contributed by atoms with Crippen LogP contribution in [-0.2, 0) is 16.0 Å². The van der Waals surface area contributed by atoms with Gasteiger partial charge in [0, 0.05) is 36.3 Å². The molecule has 0 spiro atoms. The number of nitrogens with one attached hydrogen (secondary N) is 1. The number of pyridine rings is 1. The predicted molar refractivity (Wildman–Crippen MR) is 107 cm³/mol. The minimum Gasteiger partial charge on any atom is -0.377 e. The summed E-state index contributed by atoms with van der Waals surface area (Å²) in [4.78, 5) is 29.9. The van der Waals surface area contributed by atoms with E-state index in [1.807, 2.05) is 11.8 Å². The molecule has 4 rings (SSSR count). The molecule has 1 atom stereocenters. The van der Waals surface area contributed by atoms with E-state index in [1.54, 1.807) is 18.5 Å². The molecule has 0 saturated carbocycles. The van der Waals surface area contributed by atoms with Gasteiger partial charge in [-0.25, -0.2) is 19.3 Å². The maximum atomic E-state index is 14.4. The zero-order valence-electron chi connectivity index (χ0n) is 16.0. The molecular weight excluding hydrogens is 397 g/mol. The standard InChI is InChI=1S/C20H21ClFN5O2/c1-2-18(28)27-5-6-29-11-13(27)3-4-17-16(22)10-25-20(26-17)15-9-24-19-14(15)7-12(21)8-23-19/h7-10,13H,2-6,11H2,1H3,(H,23,24). The van der Waals surface area contributed by atoms with Crippen molar-refractivity contribution < 1.29 is 13.9 Å². The molecule has 1 aliphatic rings. The van der Waals surface area contributed by atoms with E-state index in [-0.39, 0.29) is 11.9 Å². The number of ether oxygens (including phenoxy) is 1. The van der Waals surface area contributed by atoms with Crippen LogP contribution in [0.15, 0.2) is 24.7 Å². The van der Waals surface area contributed by atoms with Crippen molar-refractivity contribution in [1.29, 1.82) is 0 Å². The highest BCUT2D eigenvalue weighted by molar-refractivity contribution is 6.31. The number of rotatable bonds is 5. The second-order valence-electron chi connectivity index (χ2n) is 6.95. The number of carbonyl (C=O) groups is 1. The number of fused-ring (bicyclic) bond motifs is 1. The number of hydrogen-bond donors (Lipinski definition) is 1. The number of H-pyrrole nitrogens is 1.